The fourth-order valence-electron chi connectivity index (χ4n) is 18.8. The number of carbonyl (C=O) groups is 7. The highest BCUT2D eigenvalue weighted by Gasteiger charge is 2.53. The fourth-order valence-corrected chi connectivity index (χ4v) is 18.8. The Balaban J connectivity index is 0.493. The average Bonchev–Trinajstić information content (AvgIpc) is 1.64. The Hall–Kier alpha value is -11.2. The number of nitrogen functional groups attached to an aromatic ring is 2. The second kappa shape index (κ2) is 49.4. The number of methoxy groups -OCH3 is 3. The number of esters is 1. The van der Waals surface area contributed by atoms with Crippen LogP contribution in [0.2, 0.25) is 0 Å². The minimum absolute atomic E-state index is 0.0166. The molecule has 16 atom stereocenters. The van der Waals surface area contributed by atoms with Crippen LogP contribution in [0, 0.1) is 29.6 Å². The summed E-state index contributed by atoms with van der Waals surface area (Å²) in [5.41, 5.74) is 28.0. The molecule has 2 bridgehead atoms. The van der Waals surface area contributed by atoms with Crippen LogP contribution in [0.5, 0.6) is 0 Å². The van der Waals surface area contributed by atoms with Crippen molar-refractivity contribution in [2.75, 3.05) is 141 Å². The third-order valence-electron chi connectivity index (χ3n) is 26.8. The van der Waals surface area contributed by atoms with E-state index in [2.05, 4.69) is 57.7 Å². The molecule has 5 aliphatic heterocycles. The predicted molar refractivity (Wildman–Crippen MR) is 507 cm³/mol. The zero-order valence-electron chi connectivity index (χ0n) is 79.8. The first kappa shape index (κ1) is 103. The lowest BCUT2D eigenvalue weighted by atomic mass is 9.80. The first-order valence-corrected chi connectivity index (χ1v) is 47.6. The number of carbonyl (C=O) groups excluding carboxylic acids is 7. The number of ether oxygens (including phenoxy) is 10. The van der Waals surface area contributed by atoms with Gasteiger partial charge in [0.05, 0.1) is 101 Å². The summed E-state index contributed by atoms with van der Waals surface area (Å²) in [6, 6.07) is 9.73. The van der Waals surface area contributed by atoms with Gasteiger partial charge in [-0.3, -0.25) is 24.0 Å². The van der Waals surface area contributed by atoms with Crippen LogP contribution >= 0.6 is 0 Å². The molecule has 39 nitrogen and oxygen atoms in total. The van der Waals surface area contributed by atoms with E-state index in [4.69, 9.17) is 74.1 Å². The number of oxazole rings is 1. The standard InChI is InChI=1S/C98H134N18O21/c1-59-15-11-10-12-16-60(2)79(127-7)49-72-23-18-64(6)98(126,137-72)88(121)92(123)115-29-14-13-17-75(115)93(124)134-80(50-76(117)61(3)44-63(5)86(120)87(129-9)85(119)62(4)43-59)73(99)46-65-20-24-78(81(47-65)128-8)136-97(125)107-53-67-51-103-95(104-52-67)112-31-33-113(34-32-112)96-105-54-71(55-106-96)91(122)102-28-36-131-38-40-133-42-41-132-39-37-130-35-27-82(118)114-30-26-68-45-66(19-21-70(68)57-114)56-116-90-83(89(100)108-58-109-90)84(111-116)69-22-25-77-74(48-69)110-94(101)135-77/h10-12,15-16,19,21-22,25,44-45,48,51-52,54-55,58-59,61-62,64-65,72-73,75-76,78-81,86-87,117,120,126H,13-14,17-18,20,23-24,26-43,46-47,49-50,53,56-57,99H2,1-9H3,(H2,101,110)(H,102,122)(H,107,125)(H2,100,108,109)/b12-10+,15-11+,60-16+,63-44+/t59-,61-,62-,64-,65+,72+,73-,75+,76-,78-,79+,80+,81-,86-,87+,98-/m1/s1. The number of fused-ring (bicyclic) bond motifs is 6. The molecule has 6 aliphatic rings. The van der Waals surface area contributed by atoms with E-state index in [1.54, 1.807) is 59.3 Å². The number of aromatic nitrogens is 9. The number of rotatable bonds is 30. The molecule has 13 rings (SSSR count). The first-order valence-electron chi connectivity index (χ1n) is 47.6. The molecule has 0 unspecified atom stereocenters. The number of aliphatic hydroxyl groups is 3. The van der Waals surface area contributed by atoms with E-state index >= 15 is 0 Å². The summed E-state index contributed by atoms with van der Waals surface area (Å²) in [7, 11) is 4.46. The highest BCUT2D eigenvalue weighted by molar-refractivity contribution is 6.39. The van der Waals surface area contributed by atoms with Gasteiger partial charge in [0.2, 0.25) is 23.6 Å². The number of hydrogen-bond acceptors (Lipinski definition) is 34. The Morgan fingerprint density at radius 1 is 0.693 bits per heavy atom. The third-order valence-corrected chi connectivity index (χ3v) is 26.8. The smallest absolute Gasteiger partial charge is 0.407 e. The minimum Gasteiger partial charge on any atom is -0.459 e. The van der Waals surface area contributed by atoms with Gasteiger partial charge in [-0.25, -0.2) is 44.2 Å². The van der Waals surface area contributed by atoms with Crippen LogP contribution in [0.15, 0.2) is 120 Å². The van der Waals surface area contributed by atoms with Crippen LogP contribution < -0.4 is 37.6 Å². The Morgan fingerprint density at radius 3 is 2.11 bits per heavy atom. The van der Waals surface area contributed by atoms with Gasteiger partial charge in [-0.2, -0.15) is 10.1 Å². The number of benzene rings is 2. The highest BCUT2D eigenvalue weighted by Crippen LogP contribution is 2.40. The summed E-state index contributed by atoms with van der Waals surface area (Å²) in [4.78, 5) is 136. The third kappa shape index (κ3) is 27.2. The Kier molecular flexibility index (Phi) is 37.2. The lowest BCUT2D eigenvalue weighted by Gasteiger charge is -2.42. The van der Waals surface area contributed by atoms with Gasteiger partial charge in [0.15, 0.2) is 17.0 Å². The van der Waals surface area contributed by atoms with E-state index < -0.39 is 108 Å². The lowest BCUT2D eigenvalue weighted by molar-refractivity contribution is -0.265. The van der Waals surface area contributed by atoms with E-state index in [-0.39, 0.29) is 100 Å². The van der Waals surface area contributed by atoms with Crippen LogP contribution in [-0.2, 0) is 97.4 Å². The number of alkyl carbamates (subject to hydrolysis) is 1. The van der Waals surface area contributed by atoms with E-state index in [0.717, 1.165) is 27.2 Å². The van der Waals surface area contributed by atoms with Gasteiger partial charge in [0.25, 0.3) is 23.6 Å². The van der Waals surface area contributed by atoms with Crippen molar-refractivity contribution in [3.8, 4) is 11.3 Å². The van der Waals surface area contributed by atoms with Gasteiger partial charge in [-0.1, -0.05) is 82.4 Å². The maximum atomic E-state index is 14.8. The summed E-state index contributed by atoms with van der Waals surface area (Å²) in [6.45, 7) is 17.5. The van der Waals surface area contributed by atoms with Crippen molar-refractivity contribution in [3.63, 3.8) is 0 Å². The number of ketones is 2. The molecule has 2 aromatic carbocycles. The molecule has 0 radical (unpaired) electrons. The maximum absolute atomic E-state index is 14.8. The molecule has 742 valence electrons. The molecule has 4 fully saturated rings. The topological polar surface area (TPSA) is 509 Å². The minimum atomic E-state index is -2.50. The number of aliphatic hydroxyl groups excluding tert-OH is 2. The van der Waals surface area contributed by atoms with E-state index in [1.807, 2.05) is 81.8 Å². The summed E-state index contributed by atoms with van der Waals surface area (Å²) in [6.07, 6.45) is 16.0. The molecule has 3 saturated heterocycles. The molecule has 39 heteroatoms. The van der Waals surface area contributed by atoms with E-state index in [9.17, 15) is 48.9 Å². The number of nitrogens with zero attached hydrogens (tertiary/aromatic N) is 13. The van der Waals surface area contributed by atoms with Crippen molar-refractivity contribution in [1.82, 2.24) is 65.1 Å². The van der Waals surface area contributed by atoms with Crippen molar-refractivity contribution in [2.24, 2.45) is 35.3 Å². The Labute approximate surface area is 797 Å². The second-order valence-electron chi connectivity index (χ2n) is 36.7. The zero-order valence-corrected chi connectivity index (χ0v) is 79.8. The summed E-state index contributed by atoms with van der Waals surface area (Å²) < 4.78 is 66.0. The normalized spacial score (nSPS) is 27.0. The first-order chi connectivity index (χ1) is 66.1. The SMILES string of the molecule is CO[C@H]1C[C@@H]2CC[C@@H](C)[C@@](O)(O2)C(=O)C(=O)N2CCCC[C@H]2C(=O)O[C@H]([C@H](N)C[C@@H]2CC[C@@H](OC(=O)NCc3cnc(N4CCN(c5ncc(C(=O)NCCOCCOCCOCCOCCC(=O)N6CCc7cc(Cn8nc(-c9ccc%10oc(N)nc%10c9)c9c(N)ncnc98)ccc7C6)cn5)CC4)nc3)[C@H](OC)C2)C[C@@H](O)[C@H](C)/C=C(\C)[C@@H](O)[C@@H](OC)C(=O)[C@H](C)C[C@H](C)/C=C/C=C/C=C/1C. The molecule has 0 spiro atoms. The molecule has 10 heterocycles. The van der Waals surface area contributed by atoms with Crippen molar-refractivity contribution in [1.29, 1.82) is 0 Å². The number of nitrogens with two attached hydrogens (primary N) is 3. The van der Waals surface area contributed by atoms with Crippen molar-refractivity contribution in [2.45, 2.75) is 218 Å². The molecule has 4 amide bonds. The molecule has 137 heavy (non-hydrogen) atoms. The van der Waals surface area contributed by atoms with Gasteiger partial charge in [0.1, 0.15) is 53.8 Å². The summed E-state index contributed by atoms with van der Waals surface area (Å²) in [5.74, 6) is -7.04. The second-order valence-corrected chi connectivity index (χ2v) is 36.7. The fraction of sp³-hybridized carbons (Fsp3) is 0.582. The van der Waals surface area contributed by atoms with Gasteiger partial charge in [-0.15, -0.1) is 0 Å². The Bertz CT molecular complexity index is 5360. The largest absolute Gasteiger partial charge is 0.459 e. The summed E-state index contributed by atoms with van der Waals surface area (Å²) >= 11 is 0. The Morgan fingerprint density at radius 2 is 1.40 bits per heavy atom. The maximum Gasteiger partial charge on any atom is 0.407 e. The van der Waals surface area contributed by atoms with E-state index in [0.29, 0.717) is 205 Å². The van der Waals surface area contributed by atoms with Crippen molar-refractivity contribution < 1.29 is 101 Å². The number of cyclic esters (lactones) is 1. The van der Waals surface area contributed by atoms with Crippen LogP contribution in [0.3, 0.4) is 0 Å². The number of allylic oxidation sites excluding steroid dienone is 5. The number of piperidine rings is 1. The molecule has 1 saturated carbocycles. The van der Waals surface area contributed by atoms with Crippen LogP contribution in [0.1, 0.15) is 158 Å². The highest BCUT2D eigenvalue weighted by atomic mass is 16.6. The number of Topliss-reactive ketones (excluding diaryl/α,β-unsaturated/α-hetero) is 2. The van der Waals surface area contributed by atoms with Crippen LogP contribution in [0.4, 0.5) is 28.5 Å². The molecule has 5 aromatic heterocycles. The van der Waals surface area contributed by atoms with Crippen molar-refractivity contribution in [3.05, 3.63) is 143 Å². The number of piperazine rings is 1. The van der Waals surface area contributed by atoms with Crippen LogP contribution in [-0.4, -0.2) is 298 Å². The molecule has 11 N–H and O–H groups in total. The number of hydrogen-bond donors (Lipinski definition) is 8. The zero-order chi connectivity index (χ0) is 97.4. The number of amides is 4. The number of nitrogens with one attached hydrogen (secondary N) is 2. The molecule has 7 aromatic rings. The quantitative estimate of drug-likeness (QED) is 0.00938. The van der Waals surface area contributed by atoms with Crippen molar-refractivity contribution >= 4 is 87.2 Å². The monoisotopic (exact) mass is 1900 g/mol. The van der Waals surface area contributed by atoms with Crippen LogP contribution in [0.25, 0.3) is 33.4 Å². The van der Waals surface area contributed by atoms with Gasteiger partial charge >= 0.3 is 12.1 Å². The molecular formula is C98H134N18O21. The van der Waals surface area contributed by atoms with E-state index in [1.165, 1.54) is 38.5 Å². The number of anilines is 4. The van der Waals surface area contributed by atoms with Gasteiger partial charge < -0.3 is 115 Å². The average molecular weight is 1900 g/mol. The summed E-state index contributed by atoms with van der Waals surface area (Å²) in [5, 5.41) is 47.2. The molecule has 1 aliphatic carbocycles. The lowest BCUT2D eigenvalue weighted by Crippen LogP contribution is -2.61. The molecular weight excluding hydrogens is 1770 g/mol. The predicted octanol–water partition coefficient (Wildman–Crippen LogP) is 7.44. The van der Waals surface area contributed by atoms with Gasteiger partial charge in [0, 0.05) is 153 Å². The van der Waals surface area contributed by atoms with Gasteiger partial charge in [-0.05, 0) is 142 Å².